The highest BCUT2D eigenvalue weighted by Crippen LogP contribution is 2.34. The van der Waals surface area contributed by atoms with Gasteiger partial charge in [-0.25, -0.2) is 9.18 Å². The molecule has 2 rings (SSSR count). The van der Waals surface area contributed by atoms with Crippen molar-refractivity contribution in [3.05, 3.63) is 23.5 Å². The highest BCUT2D eigenvalue weighted by Gasteiger charge is 2.24. The summed E-state index contributed by atoms with van der Waals surface area (Å²) in [4.78, 5) is 10.7. The van der Waals surface area contributed by atoms with E-state index in [1.165, 1.54) is 12.8 Å². The molecule has 18 heavy (non-hydrogen) atoms. The van der Waals surface area contributed by atoms with Crippen LogP contribution in [0.5, 0.6) is 0 Å². The maximum Gasteiger partial charge on any atom is 0.338 e. The number of anilines is 2. The number of nitrogen functional groups attached to an aromatic ring is 1. The molecule has 1 aliphatic rings. The average Bonchev–Trinajstić information content (AvgIpc) is 3.06. The summed E-state index contributed by atoms with van der Waals surface area (Å²) in [5.41, 5.74) is 6.06. The van der Waals surface area contributed by atoms with Gasteiger partial charge in [0, 0.05) is 6.04 Å². The Bertz CT molecular complexity index is 472. The Kier molecular flexibility index (Phi) is 3.41. The number of benzene rings is 1. The molecule has 1 saturated carbocycles. The van der Waals surface area contributed by atoms with Gasteiger partial charge < -0.3 is 16.2 Å². The van der Waals surface area contributed by atoms with Gasteiger partial charge in [-0.1, -0.05) is 12.8 Å². The quantitative estimate of drug-likeness (QED) is 0.704. The number of carboxylic acid groups (broad SMARTS) is 1. The lowest BCUT2D eigenvalue weighted by atomic mass is 10.1. The fourth-order valence-electron chi connectivity index (χ4n) is 2.06. The molecule has 4 N–H and O–H groups in total. The molecule has 0 saturated heterocycles. The Balaban J connectivity index is 2.12. The van der Waals surface area contributed by atoms with Crippen LogP contribution >= 0.6 is 0 Å². The smallest absolute Gasteiger partial charge is 0.338 e. The molecule has 5 heteroatoms. The monoisotopic (exact) mass is 252 g/mol. The summed E-state index contributed by atoms with van der Waals surface area (Å²) in [7, 11) is 0. The second kappa shape index (κ2) is 4.84. The summed E-state index contributed by atoms with van der Waals surface area (Å²) in [6, 6.07) is 2.52. The van der Waals surface area contributed by atoms with E-state index in [9.17, 15) is 9.18 Å². The molecule has 1 atom stereocenters. The molecule has 0 aliphatic heterocycles. The number of hydrogen-bond acceptors (Lipinski definition) is 3. The maximum atomic E-state index is 13.5. The molecular weight excluding hydrogens is 235 g/mol. The first-order valence-electron chi connectivity index (χ1n) is 6.06. The summed E-state index contributed by atoms with van der Waals surface area (Å²) in [6.45, 7) is 2.01. The van der Waals surface area contributed by atoms with Gasteiger partial charge in [0.05, 0.1) is 16.9 Å². The molecule has 0 amide bonds. The van der Waals surface area contributed by atoms with Crippen LogP contribution in [0.4, 0.5) is 15.8 Å². The Morgan fingerprint density at radius 3 is 2.83 bits per heavy atom. The predicted octanol–water partition coefficient (Wildman–Crippen LogP) is 2.71. The van der Waals surface area contributed by atoms with E-state index < -0.39 is 17.3 Å². The third-order valence-corrected chi connectivity index (χ3v) is 3.16. The van der Waals surface area contributed by atoms with Crippen molar-refractivity contribution in [2.24, 2.45) is 5.92 Å². The summed E-state index contributed by atoms with van der Waals surface area (Å²) in [5, 5.41) is 11.9. The van der Waals surface area contributed by atoms with Crippen LogP contribution in [0, 0.1) is 11.7 Å². The van der Waals surface area contributed by atoms with E-state index in [4.69, 9.17) is 10.8 Å². The highest BCUT2D eigenvalue weighted by molar-refractivity contribution is 5.90. The minimum absolute atomic E-state index is 0.204. The van der Waals surface area contributed by atoms with Gasteiger partial charge in [0.1, 0.15) is 5.82 Å². The Hall–Kier alpha value is -1.78. The van der Waals surface area contributed by atoms with E-state index in [2.05, 4.69) is 5.32 Å². The van der Waals surface area contributed by atoms with Crippen LogP contribution in [0.2, 0.25) is 0 Å². The topological polar surface area (TPSA) is 75.3 Å². The van der Waals surface area contributed by atoms with Crippen molar-refractivity contribution in [2.75, 3.05) is 11.1 Å². The Labute approximate surface area is 105 Å². The van der Waals surface area contributed by atoms with E-state index in [0.29, 0.717) is 5.69 Å². The molecule has 1 aromatic carbocycles. The fourth-order valence-corrected chi connectivity index (χ4v) is 2.06. The van der Waals surface area contributed by atoms with Crippen molar-refractivity contribution < 1.29 is 14.3 Å². The number of rotatable bonds is 5. The molecule has 1 aromatic rings. The predicted molar refractivity (Wildman–Crippen MR) is 68.2 cm³/mol. The first kappa shape index (κ1) is 12.7. The van der Waals surface area contributed by atoms with Crippen LogP contribution < -0.4 is 11.1 Å². The lowest BCUT2D eigenvalue weighted by molar-refractivity contribution is 0.0692. The SMILES string of the molecule is CC(CC1CC1)Nc1cc(F)c(C(=O)O)cc1N. The molecule has 1 aliphatic carbocycles. The molecule has 1 fully saturated rings. The molecule has 0 bridgehead atoms. The van der Waals surface area contributed by atoms with Crippen LogP contribution in [-0.2, 0) is 0 Å². The molecule has 0 spiro atoms. The van der Waals surface area contributed by atoms with Crippen LogP contribution in [0.3, 0.4) is 0 Å². The first-order chi connectivity index (χ1) is 8.47. The van der Waals surface area contributed by atoms with Crippen molar-refractivity contribution in [2.45, 2.75) is 32.2 Å². The van der Waals surface area contributed by atoms with E-state index in [1.807, 2.05) is 6.92 Å². The molecular formula is C13H17FN2O2. The number of halogens is 1. The van der Waals surface area contributed by atoms with Gasteiger partial charge in [0.15, 0.2) is 0 Å². The molecule has 0 heterocycles. The van der Waals surface area contributed by atoms with Crippen molar-refractivity contribution in [3.8, 4) is 0 Å². The van der Waals surface area contributed by atoms with Crippen molar-refractivity contribution >= 4 is 17.3 Å². The number of nitrogens with two attached hydrogens (primary N) is 1. The standard InChI is InChI=1S/C13H17FN2O2/c1-7(4-8-2-3-8)16-12-6-10(14)9(13(17)18)5-11(12)15/h5-8,16H,2-4,15H2,1H3,(H,17,18). The first-order valence-corrected chi connectivity index (χ1v) is 6.06. The molecule has 4 nitrogen and oxygen atoms in total. The fraction of sp³-hybridized carbons (Fsp3) is 0.462. The summed E-state index contributed by atoms with van der Waals surface area (Å²) < 4.78 is 13.5. The normalized spacial score (nSPS) is 16.3. The number of carbonyl (C=O) groups is 1. The van der Waals surface area contributed by atoms with Gasteiger partial charge in [0.2, 0.25) is 0 Å². The van der Waals surface area contributed by atoms with Gasteiger partial charge in [-0.15, -0.1) is 0 Å². The number of aromatic carboxylic acids is 1. The third kappa shape index (κ3) is 2.91. The van der Waals surface area contributed by atoms with E-state index in [-0.39, 0.29) is 11.7 Å². The Morgan fingerprint density at radius 2 is 2.28 bits per heavy atom. The minimum Gasteiger partial charge on any atom is -0.478 e. The zero-order valence-electron chi connectivity index (χ0n) is 10.2. The summed E-state index contributed by atoms with van der Waals surface area (Å²) in [5.74, 6) is -1.31. The number of hydrogen-bond donors (Lipinski definition) is 3. The number of carboxylic acids is 1. The van der Waals surface area contributed by atoms with Crippen molar-refractivity contribution in [1.82, 2.24) is 0 Å². The molecule has 0 aromatic heterocycles. The number of nitrogens with one attached hydrogen (secondary N) is 1. The largest absolute Gasteiger partial charge is 0.478 e. The van der Waals surface area contributed by atoms with Gasteiger partial charge in [-0.2, -0.15) is 0 Å². The minimum atomic E-state index is -1.31. The Morgan fingerprint density at radius 1 is 1.61 bits per heavy atom. The maximum absolute atomic E-state index is 13.5. The molecule has 0 radical (unpaired) electrons. The molecule has 98 valence electrons. The van der Waals surface area contributed by atoms with Gasteiger partial charge in [0.25, 0.3) is 0 Å². The van der Waals surface area contributed by atoms with E-state index >= 15 is 0 Å². The second-order valence-electron chi connectivity index (χ2n) is 4.95. The van der Waals surface area contributed by atoms with Crippen LogP contribution in [-0.4, -0.2) is 17.1 Å². The van der Waals surface area contributed by atoms with Crippen molar-refractivity contribution in [3.63, 3.8) is 0 Å². The zero-order valence-corrected chi connectivity index (χ0v) is 10.2. The van der Waals surface area contributed by atoms with E-state index in [1.54, 1.807) is 0 Å². The second-order valence-corrected chi connectivity index (χ2v) is 4.95. The van der Waals surface area contributed by atoms with Gasteiger partial charge in [-0.3, -0.25) is 0 Å². The highest BCUT2D eigenvalue weighted by atomic mass is 19.1. The van der Waals surface area contributed by atoms with Crippen LogP contribution in [0.15, 0.2) is 12.1 Å². The van der Waals surface area contributed by atoms with Crippen LogP contribution in [0.1, 0.15) is 36.5 Å². The zero-order chi connectivity index (χ0) is 13.3. The molecule has 1 unspecified atom stereocenters. The van der Waals surface area contributed by atoms with Gasteiger partial charge >= 0.3 is 5.97 Å². The summed E-state index contributed by atoms with van der Waals surface area (Å²) >= 11 is 0. The lowest BCUT2D eigenvalue weighted by Crippen LogP contribution is -2.17. The summed E-state index contributed by atoms with van der Waals surface area (Å²) in [6.07, 6.45) is 3.55. The van der Waals surface area contributed by atoms with E-state index in [0.717, 1.165) is 24.5 Å². The van der Waals surface area contributed by atoms with Crippen LogP contribution in [0.25, 0.3) is 0 Å². The van der Waals surface area contributed by atoms with Gasteiger partial charge in [-0.05, 0) is 31.4 Å². The third-order valence-electron chi connectivity index (χ3n) is 3.16. The van der Waals surface area contributed by atoms with Crippen molar-refractivity contribution in [1.29, 1.82) is 0 Å². The average molecular weight is 252 g/mol. The lowest BCUT2D eigenvalue weighted by Gasteiger charge is -2.17.